The molecule has 0 saturated heterocycles. The molecule has 1 aliphatic carbocycles. The van der Waals surface area contributed by atoms with Crippen molar-refractivity contribution in [1.82, 2.24) is 0 Å². The number of allylic oxidation sites excluding steroid dienone is 4. The van der Waals surface area contributed by atoms with E-state index in [9.17, 15) is 0 Å². The van der Waals surface area contributed by atoms with Gasteiger partial charge >= 0.3 is 0 Å². The van der Waals surface area contributed by atoms with Gasteiger partial charge in [0, 0.05) is 0 Å². The van der Waals surface area contributed by atoms with E-state index in [-0.39, 0.29) is 0 Å². The van der Waals surface area contributed by atoms with E-state index >= 15 is 0 Å². The molecule has 0 aliphatic heterocycles. The summed E-state index contributed by atoms with van der Waals surface area (Å²) in [7, 11) is 0. The van der Waals surface area contributed by atoms with Crippen LogP contribution in [0.25, 0.3) is 0 Å². The Kier molecular flexibility index (Phi) is 4.61. The predicted molar refractivity (Wildman–Crippen MR) is 75.1 cm³/mol. The molecule has 1 aliphatic rings. The molecule has 0 unspecified atom stereocenters. The lowest BCUT2D eigenvalue weighted by Crippen LogP contribution is -1.98. The van der Waals surface area contributed by atoms with E-state index in [1.165, 1.54) is 44.1 Å². The van der Waals surface area contributed by atoms with Gasteiger partial charge in [0.05, 0.1) is 0 Å². The summed E-state index contributed by atoms with van der Waals surface area (Å²) in [5, 5.41) is 0. The molecule has 2 rings (SSSR count). The highest BCUT2D eigenvalue weighted by molar-refractivity contribution is 5.32. The normalized spacial score (nSPS) is 21.0. The summed E-state index contributed by atoms with van der Waals surface area (Å²) < 4.78 is 0. The highest BCUT2D eigenvalue weighted by Crippen LogP contribution is 2.28. The van der Waals surface area contributed by atoms with E-state index in [2.05, 4.69) is 49.4 Å². The van der Waals surface area contributed by atoms with E-state index < -0.39 is 0 Å². The number of aryl methyl sites for hydroxylation is 1. The van der Waals surface area contributed by atoms with Crippen LogP contribution in [0.15, 0.2) is 53.6 Å². The number of hydrogen-bond donors (Lipinski definition) is 0. The third-order valence-corrected chi connectivity index (χ3v) is 3.57. The summed E-state index contributed by atoms with van der Waals surface area (Å²) in [6.07, 6.45) is 12.4. The first kappa shape index (κ1) is 12.2. The van der Waals surface area contributed by atoms with Crippen LogP contribution in [0.4, 0.5) is 0 Å². The van der Waals surface area contributed by atoms with Crippen LogP contribution >= 0.6 is 0 Å². The average Bonchev–Trinajstić information content (AvgIpc) is 2.40. The fourth-order valence-electron chi connectivity index (χ4n) is 2.57. The van der Waals surface area contributed by atoms with Crippen LogP contribution in [0, 0.1) is 0 Å². The molecule has 1 aromatic carbocycles. The van der Waals surface area contributed by atoms with Gasteiger partial charge in [-0.2, -0.15) is 0 Å². The van der Waals surface area contributed by atoms with Crippen LogP contribution in [-0.2, 0) is 6.42 Å². The lowest BCUT2D eigenvalue weighted by molar-refractivity contribution is 0.674. The summed E-state index contributed by atoms with van der Waals surface area (Å²) in [4.78, 5) is 0. The summed E-state index contributed by atoms with van der Waals surface area (Å²) in [5.41, 5.74) is 4.64. The van der Waals surface area contributed by atoms with Gasteiger partial charge in [-0.3, -0.25) is 0 Å². The molecular weight excluding hydrogens is 204 g/mol. The Morgan fingerprint density at radius 2 is 1.71 bits per heavy atom. The summed E-state index contributed by atoms with van der Waals surface area (Å²) in [6, 6.07) is 10.8. The van der Waals surface area contributed by atoms with Crippen LogP contribution in [0.5, 0.6) is 0 Å². The second-order valence-electron chi connectivity index (χ2n) is 4.77. The lowest BCUT2D eigenvalue weighted by Gasteiger charge is -2.17. The SMILES string of the molecule is C/C=C1/CCCC/C1=C\CCc1ccccc1. The maximum absolute atomic E-state index is 2.46. The monoisotopic (exact) mass is 226 g/mol. The molecule has 0 heterocycles. The van der Waals surface area contributed by atoms with Gasteiger partial charge in [0.15, 0.2) is 0 Å². The molecular formula is C17H22. The minimum absolute atomic E-state index is 1.17. The second kappa shape index (κ2) is 6.44. The third-order valence-electron chi connectivity index (χ3n) is 3.57. The fraction of sp³-hybridized carbons (Fsp3) is 0.412. The highest BCUT2D eigenvalue weighted by atomic mass is 14.1. The van der Waals surface area contributed by atoms with Crippen LogP contribution in [0.3, 0.4) is 0 Å². The van der Waals surface area contributed by atoms with Crippen molar-refractivity contribution in [1.29, 1.82) is 0 Å². The van der Waals surface area contributed by atoms with Crippen LogP contribution in [-0.4, -0.2) is 0 Å². The minimum atomic E-state index is 1.17. The summed E-state index contributed by atoms with van der Waals surface area (Å²) in [5.74, 6) is 0. The Labute approximate surface area is 105 Å². The molecule has 1 aromatic rings. The third kappa shape index (κ3) is 3.59. The molecule has 0 N–H and O–H groups in total. The Morgan fingerprint density at radius 1 is 1.00 bits per heavy atom. The van der Waals surface area contributed by atoms with Gasteiger partial charge in [0.25, 0.3) is 0 Å². The topological polar surface area (TPSA) is 0 Å². The quantitative estimate of drug-likeness (QED) is 0.675. The molecule has 90 valence electrons. The van der Waals surface area contributed by atoms with Crippen LogP contribution in [0.2, 0.25) is 0 Å². The van der Waals surface area contributed by atoms with Gasteiger partial charge in [0.1, 0.15) is 0 Å². The zero-order chi connectivity index (χ0) is 11.9. The van der Waals surface area contributed by atoms with Gasteiger partial charge in [-0.25, -0.2) is 0 Å². The molecule has 0 bridgehead atoms. The zero-order valence-electron chi connectivity index (χ0n) is 10.8. The zero-order valence-corrected chi connectivity index (χ0v) is 10.8. The summed E-state index contributed by atoms with van der Waals surface area (Å²) >= 11 is 0. The molecule has 1 saturated carbocycles. The van der Waals surface area contributed by atoms with Crippen molar-refractivity contribution < 1.29 is 0 Å². The van der Waals surface area contributed by atoms with Gasteiger partial charge in [-0.05, 0) is 62.2 Å². The Morgan fingerprint density at radius 3 is 2.41 bits per heavy atom. The predicted octanol–water partition coefficient (Wildman–Crippen LogP) is 5.07. The number of benzene rings is 1. The van der Waals surface area contributed by atoms with Crippen LogP contribution < -0.4 is 0 Å². The number of hydrogen-bond acceptors (Lipinski definition) is 0. The average molecular weight is 226 g/mol. The van der Waals surface area contributed by atoms with Crippen molar-refractivity contribution in [3.05, 3.63) is 59.2 Å². The molecule has 0 heteroatoms. The van der Waals surface area contributed by atoms with E-state index in [1.807, 2.05) is 0 Å². The highest BCUT2D eigenvalue weighted by Gasteiger charge is 2.09. The van der Waals surface area contributed by atoms with Gasteiger partial charge < -0.3 is 0 Å². The van der Waals surface area contributed by atoms with E-state index in [1.54, 1.807) is 11.1 Å². The van der Waals surface area contributed by atoms with Crippen molar-refractivity contribution in [2.45, 2.75) is 45.4 Å². The molecule has 0 aromatic heterocycles. The fourth-order valence-corrected chi connectivity index (χ4v) is 2.57. The molecule has 0 amide bonds. The molecule has 1 fully saturated rings. The van der Waals surface area contributed by atoms with Crippen molar-refractivity contribution in [2.24, 2.45) is 0 Å². The van der Waals surface area contributed by atoms with Crippen molar-refractivity contribution in [2.75, 3.05) is 0 Å². The van der Waals surface area contributed by atoms with E-state index in [4.69, 9.17) is 0 Å². The maximum atomic E-state index is 2.46. The Hall–Kier alpha value is -1.30. The summed E-state index contributed by atoms with van der Waals surface area (Å²) in [6.45, 7) is 2.17. The van der Waals surface area contributed by atoms with Crippen molar-refractivity contribution in [3.8, 4) is 0 Å². The molecule has 0 spiro atoms. The standard InChI is InChI=1S/C17H22/c1-2-16-12-6-7-13-17(16)14-8-11-15-9-4-3-5-10-15/h2-5,9-10,14H,6-8,11-13H2,1H3/b16-2-,17-14+. The lowest BCUT2D eigenvalue weighted by atomic mass is 9.88. The second-order valence-corrected chi connectivity index (χ2v) is 4.77. The van der Waals surface area contributed by atoms with Gasteiger partial charge in [-0.15, -0.1) is 0 Å². The molecule has 0 radical (unpaired) electrons. The van der Waals surface area contributed by atoms with E-state index in [0.29, 0.717) is 0 Å². The van der Waals surface area contributed by atoms with Gasteiger partial charge in [0.2, 0.25) is 0 Å². The van der Waals surface area contributed by atoms with Crippen molar-refractivity contribution >= 4 is 0 Å². The first-order chi connectivity index (χ1) is 8.40. The Bertz CT molecular complexity index is 395. The van der Waals surface area contributed by atoms with Crippen molar-refractivity contribution in [3.63, 3.8) is 0 Å². The van der Waals surface area contributed by atoms with Crippen LogP contribution in [0.1, 0.15) is 44.6 Å². The largest absolute Gasteiger partial charge is 0.0842 e. The van der Waals surface area contributed by atoms with E-state index in [0.717, 1.165) is 0 Å². The molecule has 0 nitrogen and oxygen atoms in total. The smallest absolute Gasteiger partial charge is 0.0244 e. The molecule has 17 heavy (non-hydrogen) atoms. The minimum Gasteiger partial charge on any atom is -0.0842 e. The first-order valence-corrected chi connectivity index (χ1v) is 6.78. The maximum Gasteiger partial charge on any atom is -0.0244 e. The van der Waals surface area contributed by atoms with Gasteiger partial charge in [-0.1, -0.05) is 42.5 Å². The first-order valence-electron chi connectivity index (χ1n) is 6.78. The number of rotatable bonds is 3. The molecule has 0 atom stereocenters. The Balaban J connectivity index is 1.91.